The summed E-state index contributed by atoms with van der Waals surface area (Å²) in [5, 5.41) is 6.94. The van der Waals surface area contributed by atoms with Crippen molar-refractivity contribution >= 4 is 65.5 Å². The molecule has 0 bridgehead atoms. The molecule has 0 aliphatic rings. The van der Waals surface area contributed by atoms with Crippen molar-refractivity contribution in [1.82, 2.24) is 14.5 Å². The highest BCUT2D eigenvalue weighted by Crippen LogP contribution is 2.38. The Morgan fingerprint density at radius 3 is 1.84 bits per heavy atom. The molecule has 0 saturated carbocycles. The van der Waals surface area contributed by atoms with Crippen molar-refractivity contribution in [2.45, 2.75) is 6.92 Å². The number of fused-ring (bicyclic) bond motifs is 7. The third-order valence-corrected chi connectivity index (χ3v) is 8.49. The summed E-state index contributed by atoms with van der Waals surface area (Å²) in [4.78, 5) is 10.4. The van der Waals surface area contributed by atoms with Crippen LogP contribution in [0.4, 0.5) is 0 Å². The van der Waals surface area contributed by atoms with Crippen molar-refractivity contribution in [1.29, 1.82) is 0 Å². The Hall–Kier alpha value is -5.80. The predicted octanol–water partition coefficient (Wildman–Crippen LogP) is 10.7. The van der Waals surface area contributed by atoms with Crippen LogP contribution in [0.5, 0.6) is 0 Å². The highest BCUT2D eigenvalue weighted by Gasteiger charge is 2.17. The van der Waals surface area contributed by atoms with Gasteiger partial charge in [0.15, 0.2) is 0 Å². The molecule has 2 heterocycles. The topological polar surface area (TPSA) is 30.7 Å². The third kappa shape index (κ3) is 4.13. The van der Waals surface area contributed by atoms with E-state index in [1.54, 1.807) is 0 Å². The van der Waals surface area contributed by atoms with Crippen LogP contribution in [0.2, 0.25) is 0 Å². The molecule has 208 valence electrons. The molecule has 0 unspecified atom stereocenters. The van der Waals surface area contributed by atoms with E-state index >= 15 is 0 Å². The van der Waals surface area contributed by atoms with Gasteiger partial charge in [0.25, 0.3) is 0 Å². The minimum Gasteiger partial charge on any atom is -0.292 e. The summed E-state index contributed by atoms with van der Waals surface area (Å²) in [7, 11) is 0. The summed E-state index contributed by atoms with van der Waals surface area (Å²) in [6.07, 6.45) is 6.45. The minimum atomic E-state index is 0.825. The molecule has 0 spiro atoms. The van der Waals surface area contributed by atoms with E-state index in [1.165, 1.54) is 16.3 Å². The van der Waals surface area contributed by atoms with Gasteiger partial charge in [0.05, 0.1) is 22.1 Å². The molecule has 8 rings (SSSR count). The fraction of sp³-hybridized carbons (Fsp3) is 0.0244. The quantitative estimate of drug-likeness (QED) is 0.118. The maximum atomic E-state index is 5.34. The van der Waals surface area contributed by atoms with Crippen molar-refractivity contribution < 1.29 is 0 Å². The number of benzene rings is 6. The van der Waals surface area contributed by atoms with Crippen molar-refractivity contribution in [3.05, 3.63) is 164 Å². The van der Waals surface area contributed by atoms with Gasteiger partial charge in [-0.1, -0.05) is 128 Å². The first-order valence-corrected chi connectivity index (χ1v) is 14.9. The van der Waals surface area contributed by atoms with Crippen LogP contribution >= 0.6 is 0 Å². The third-order valence-electron chi connectivity index (χ3n) is 8.49. The molecule has 0 amide bonds. The molecule has 0 aliphatic heterocycles. The van der Waals surface area contributed by atoms with Gasteiger partial charge in [-0.05, 0) is 47.5 Å². The number of nitrogens with zero attached hydrogens (tertiary/aromatic N) is 3. The molecule has 0 atom stereocenters. The van der Waals surface area contributed by atoms with E-state index in [-0.39, 0.29) is 0 Å². The molecule has 44 heavy (non-hydrogen) atoms. The molecular formula is C41H29N3. The summed E-state index contributed by atoms with van der Waals surface area (Å²) in [5.74, 6) is 0.825. The molecule has 3 heteroatoms. The minimum absolute atomic E-state index is 0.825. The highest BCUT2D eigenvalue weighted by molar-refractivity contribution is 6.19. The lowest BCUT2D eigenvalue weighted by Gasteiger charge is -2.15. The molecule has 0 fully saturated rings. The van der Waals surface area contributed by atoms with E-state index in [4.69, 9.17) is 9.97 Å². The van der Waals surface area contributed by atoms with Crippen molar-refractivity contribution in [3.8, 4) is 5.69 Å². The number of para-hydroxylation sites is 3. The highest BCUT2D eigenvalue weighted by atomic mass is 15.1. The number of allylic oxidation sites excluding steroid dienone is 5. The van der Waals surface area contributed by atoms with Gasteiger partial charge in [-0.15, -0.1) is 0 Å². The average Bonchev–Trinajstić information content (AvgIpc) is 3.48. The van der Waals surface area contributed by atoms with Gasteiger partial charge in [0.1, 0.15) is 5.82 Å². The van der Waals surface area contributed by atoms with Gasteiger partial charge in [-0.2, -0.15) is 0 Å². The lowest BCUT2D eigenvalue weighted by molar-refractivity contribution is 1.06. The van der Waals surface area contributed by atoms with Crippen molar-refractivity contribution in [3.63, 3.8) is 0 Å². The lowest BCUT2D eigenvalue weighted by atomic mass is 9.92. The maximum absolute atomic E-state index is 5.34. The largest absolute Gasteiger partial charge is 0.292 e. The van der Waals surface area contributed by atoms with Gasteiger partial charge in [-0.3, -0.25) is 4.57 Å². The standard InChI is InChI=1S/C41H29N3/c1-3-28(22-21-27(2)41-42-36-19-11-12-20-37(36)44(41)31-15-5-4-6-16-31)38-34-25-23-29-13-7-9-17-32(29)39(34)43-40-33-18-10-8-14-30(33)24-26-35(38)40/h3-26H,2H2,1H3/b22-21-,28-3+. The Bertz CT molecular complexity index is 2370. The fourth-order valence-corrected chi connectivity index (χ4v) is 6.39. The zero-order chi connectivity index (χ0) is 29.6. The van der Waals surface area contributed by atoms with Crippen LogP contribution in [-0.4, -0.2) is 14.5 Å². The first kappa shape index (κ1) is 25.9. The first-order chi connectivity index (χ1) is 21.7. The van der Waals surface area contributed by atoms with Crippen LogP contribution in [0.25, 0.3) is 71.2 Å². The van der Waals surface area contributed by atoms with Gasteiger partial charge in [-0.25, -0.2) is 9.97 Å². The van der Waals surface area contributed by atoms with Gasteiger partial charge < -0.3 is 0 Å². The number of aromatic nitrogens is 3. The molecule has 0 aliphatic carbocycles. The Morgan fingerprint density at radius 1 is 0.591 bits per heavy atom. The molecule has 0 saturated heterocycles. The number of hydrogen-bond acceptors (Lipinski definition) is 2. The predicted molar refractivity (Wildman–Crippen MR) is 187 cm³/mol. The lowest BCUT2D eigenvalue weighted by Crippen LogP contribution is -1.99. The van der Waals surface area contributed by atoms with Crippen LogP contribution in [0.15, 0.2) is 152 Å². The van der Waals surface area contributed by atoms with Crippen LogP contribution < -0.4 is 0 Å². The Balaban J connectivity index is 1.33. The molecular weight excluding hydrogens is 534 g/mol. The summed E-state index contributed by atoms with van der Waals surface area (Å²) in [6.45, 7) is 6.60. The summed E-state index contributed by atoms with van der Waals surface area (Å²) in [6, 6.07) is 44.4. The Morgan fingerprint density at radius 2 is 1.18 bits per heavy atom. The Labute approximate surface area is 255 Å². The molecule has 2 aromatic heterocycles. The number of rotatable bonds is 5. The molecule has 8 aromatic rings. The van der Waals surface area contributed by atoms with Crippen molar-refractivity contribution in [2.75, 3.05) is 0 Å². The van der Waals surface area contributed by atoms with E-state index in [1.807, 2.05) is 12.1 Å². The maximum Gasteiger partial charge on any atom is 0.145 e. The van der Waals surface area contributed by atoms with E-state index in [0.717, 1.165) is 66.3 Å². The van der Waals surface area contributed by atoms with Gasteiger partial charge in [0, 0.05) is 38.4 Å². The second-order valence-electron chi connectivity index (χ2n) is 11.1. The number of pyridine rings is 1. The fourth-order valence-electron chi connectivity index (χ4n) is 6.39. The van der Waals surface area contributed by atoms with Gasteiger partial charge in [0.2, 0.25) is 0 Å². The van der Waals surface area contributed by atoms with E-state index in [0.29, 0.717) is 0 Å². The Kier molecular flexibility index (Phi) is 6.16. The smallest absolute Gasteiger partial charge is 0.145 e. The zero-order valence-electron chi connectivity index (χ0n) is 24.4. The SMILES string of the molecule is C=C(/C=C\C(=C/C)c1c2ccc3ccccc3c2nc2c1ccc1ccccc12)c1nc2ccccc2n1-c1ccccc1. The number of hydrogen-bond donors (Lipinski definition) is 0. The molecule has 0 radical (unpaired) electrons. The van der Waals surface area contributed by atoms with Gasteiger partial charge >= 0.3 is 0 Å². The molecule has 6 aromatic carbocycles. The average molecular weight is 564 g/mol. The summed E-state index contributed by atoms with van der Waals surface area (Å²) >= 11 is 0. The summed E-state index contributed by atoms with van der Waals surface area (Å²) < 4.78 is 2.19. The molecule has 3 nitrogen and oxygen atoms in total. The second kappa shape index (κ2) is 10.5. The zero-order valence-corrected chi connectivity index (χ0v) is 24.4. The van der Waals surface area contributed by atoms with Crippen LogP contribution in [0, 0.1) is 0 Å². The van der Waals surface area contributed by atoms with Crippen LogP contribution in [0.1, 0.15) is 18.3 Å². The van der Waals surface area contributed by atoms with Crippen LogP contribution in [-0.2, 0) is 0 Å². The first-order valence-electron chi connectivity index (χ1n) is 14.9. The van der Waals surface area contributed by atoms with Crippen molar-refractivity contribution in [2.24, 2.45) is 0 Å². The summed E-state index contributed by atoms with van der Waals surface area (Å²) in [5.41, 5.74) is 8.20. The van der Waals surface area contributed by atoms with E-state index in [2.05, 4.69) is 152 Å². The van der Waals surface area contributed by atoms with Crippen LogP contribution in [0.3, 0.4) is 0 Å². The van der Waals surface area contributed by atoms with E-state index in [9.17, 15) is 0 Å². The number of imidazole rings is 1. The normalized spacial score (nSPS) is 12.3. The molecule has 0 N–H and O–H groups in total. The van der Waals surface area contributed by atoms with E-state index < -0.39 is 0 Å². The second-order valence-corrected chi connectivity index (χ2v) is 11.1. The monoisotopic (exact) mass is 563 g/mol.